The maximum Gasteiger partial charge on any atom is 0.472 e. The van der Waals surface area contributed by atoms with Gasteiger partial charge in [-0.05, 0) is 154 Å². The van der Waals surface area contributed by atoms with E-state index in [0.717, 1.165) is 180 Å². The van der Waals surface area contributed by atoms with E-state index in [1.54, 1.807) is 0 Å². The van der Waals surface area contributed by atoms with Gasteiger partial charge in [0.05, 0.1) is 26.4 Å². The van der Waals surface area contributed by atoms with E-state index in [0.29, 0.717) is 19.3 Å². The molecule has 4 N–H and O–H groups in total. The fourth-order valence-electron chi connectivity index (χ4n) is 11.4. The molecular weight excluding hydrogens is 1430 g/mol. The van der Waals surface area contributed by atoms with Crippen LogP contribution in [0.2, 0.25) is 0 Å². The highest BCUT2D eigenvalue weighted by Gasteiger charge is 2.29. The molecule has 0 spiro atoms. The molecule has 634 valence electrons. The van der Waals surface area contributed by atoms with Crippen molar-refractivity contribution >= 4 is 33.6 Å². The van der Waals surface area contributed by atoms with Gasteiger partial charge < -0.3 is 34.2 Å². The molecule has 0 saturated carbocycles. The second-order valence-corrected chi connectivity index (χ2v) is 31.5. The van der Waals surface area contributed by atoms with Crippen molar-refractivity contribution in [2.75, 3.05) is 39.6 Å². The lowest BCUT2D eigenvalue weighted by molar-refractivity contribution is -0.161. The molecular formula is C93H156O16P2. The number of rotatable bonds is 81. The smallest absolute Gasteiger partial charge is 0.463 e. The van der Waals surface area contributed by atoms with Crippen molar-refractivity contribution in [1.29, 1.82) is 0 Å². The largest absolute Gasteiger partial charge is 0.472 e. The molecule has 0 aromatic rings. The van der Waals surface area contributed by atoms with Crippen LogP contribution >= 0.6 is 15.6 Å². The molecule has 0 rings (SSSR count). The quantitative estimate of drug-likeness (QED) is 0.0146. The summed E-state index contributed by atoms with van der Waals surface area (Å²) in [5, 5.41) is 20.7. The lowest BCUT2D eigenvalue weighted by Gasteiger charge is -2.21. The molecule has 0 aromatic heterocycles. The summed E-state index contributed by atoms with van der Waals surface area (Å²) in [6.07, 6.45) is 108. The van der Waals surface area contributed by atoms with Crippen LogP contribution in [-0.2, 0) is 55.8 Å². The Labute approximate surface area is 675 Å². The lowest BCUT2D eigenvalue weighted by atomic mass is 10.0. The number of carbonyl (C=O) groups is 3. The number of phosphoric acid groups is 2. The maximum absolute atomic E-state index is 13.0. The molecule has 111 heavy (non-hydrogen) atoms. The van der Waals surface area contributed by atoms with Crippen molar-refractivity contribution in [3.05, 3.63) is 170 Å². The summed E-state index contributed by atoms with van der Waals surface area (Å²) in [5.74, 6) is -1.61. The van der Waals surface area contributed by atoms with Gasteiger partial charge in [-0.2, -0.15) is 0 Å². The predicted molar refractivity (Wildman–Crippen MR) is 463 cm³/mol. The molecule has 16 nitrogen and oxygen atoms in total. The summed E-state index contributed by atoms with van der Waals surface area (Å²) in [4.78, 5) is 58.9. The Hall–Kier alpha value is -5.09. The summed E-state index contributed by atoms with van der Waals surface area (Å²) in [7, 11) is -9.82. The second kappa shape index (κ2) is 84.3. The highest BCUT2D eigenvalue weighted by Crippen LogP contribution is 2.45. The summed E-state index contributed by atoms with van der Waals surface area (Å²) in [5.41, 5.74) is 0. The van der Waals surface area contributed by atoms with Gasteiger partial charge in [0.2, 0.25) is 0 Å². The minimum atomic E-state index is -4.95. The van der Waals surface area contributed by atoms with Gasteiger partial charge in [0.15, 0.2) is 6.10 Å². The van der Waals surface area contributed by atoms with E-state index in [2.05, 4.69) is 191 Å². The molecule has 0 heterocycles. The minimum Gasteiger partial charge on any atom is -0.463 e. The SMILES string of the molecule is CC/C=C\C/C=C\C/C=C\C/C=C\C/C=C\CCCCCCCCCC(=O)OCC(COP(=O)(O)OCC(O)COP(=O)(O)OCC(O)COC(=O)CCCCCCCCCCCCCCCCC/C=C\C/C=C\C/C=C\C/C=C\CCCCC)OC(=O)CCCCCCC/C=C\C/C=C\C/C=C\C/C=C\C/C=C\CC. The van der Waals surface area contributed by atoms with Gasteiger partial charge in [-0.25, -0.2) is 9.13 Å². The van der Waals surface area contributed by atoms with Crippen LogP contribution in [0.1, 0.15) is 342 Å². The zero-order chi connectivity index (χ0) is 80.8. The average Bonchev–Trinajstić information content (AvgIpc) is 0.902. The van der Waals surface area contributed by atoms with E-state index >= 15 is 0 Å². The van der Waals surface area contributed by atoms with Gasteiger partial charge in [-0.15, -0.1) is 0 Å². The normalized spacial score (nSPS) is 14.7. The molecule has 0 saturated heterocycles. The van der Waals surface area contributed by atoms with Crippen molar-refractivity contribution in [1.82, 2.24) is 0 Å². The van der Waals surface area contributed by atoms with Gasteiger partial charge >= 0.3 is 33.6 Å². The van der Waals surface area contributed by atoms with E-state index in [-0.39, 0.29) is 19.3 Å². The van der Waals surface area contributed by atoms with Crippen molar-refractivity contribution in [2.45, 2.75) is 360 Å². The number of carbonyl (C=O) groups excluding carboxylic acids is 3. The zero-order valence-corrected chi connectivity index (χ0v) is 71.4. The highest BCUT2D eigenvalue weighted by molar-refractivity contribution is 7.47. The Morgan fingerprint density at radius 1 is 0.261 bits per heavy atom. The molecule has 5 unspecified atom stereocenters. The summed E-state index contributed by atoms with van der Waals surface area (Å²) < 4.78 is 61.3. The van der Waals surface area contributed by atoms with Gasteiger partial charge in [-0.3, -0.25) is 32.5 Å². The summed E-state index contributed by atoms with van der Waals surface area (Å²) in [6.45, 7) is 2.41. The standard InChI is InChI=1S/C93H156O16P2/c1-4-7-10-13-16-19-22-25-28-31-34-37-39-40-41-42-43-44-45-46-48-51-52-55-58-61-64-67-70-73-76-79-91(96)103-82-88(94)83-105-110(99,100)106-84-89(95)85-107-111(101,102)108-87-90(109-93(98)81-78-75-72-69-66-63-60-57-54-49-36-33-30-27-24-21-18-15-12-9-6-3)86-104-92(97)80-77-74-71-68-65-62-59-56-53-50-47-38-35-32-29-26-23-20-17-14-11-8-5-2/h8-9,11-12,16-21,25-30,34-38,40-41,49-50,53,57,60,88-90,94-95H,4-7,10,13-15,22-24,31-33,39,42-48,51-52,54-56,58-59,61-87H2,1-3H3,(H,99,100)(H,101,102)/b11-8-,12-9-,19-16-,20-17-,21-18-,28-25-,29-26-,30-27-,37-34-,38-35-,41-40-,49-36-,53-50-,60-57-. The van der Waals surface area contributed by atoms with Crippen LogP contribution in [0.3, 0.4) is 0 Å². The van der Waals surface area contributed by atoms with Gasteiger partial charge in [0, 0.05) is 19.3 Å². The highest BCUT2D eigenvalue weighted by atomic mass is 31.2. The van der Waals surface area contributed by atoms with Crippen LogP contribution < -0.4 is 0 Å². The maximum atomic E-state index is 13.0. The summed E-state index contributed by atoms with van der Waals surface area (Å²) >= 11 is 0. The Kier molecular flexibility index (Phi) is 80.4. The van der Waals surface area contributed by atoms with Crippen molar-refractivity contribution in [3.63, 3.8) is 0 Å². The van der Waals surface area contributed by atoms with Crippen LogP contribution in [0.15, 0.2) is 170 Å². The molecule has 0 aliphatic carbocycles. The monoisotopic (exact) mass is 1590 g/mol. The molecule has 0 aromatic carbocycles. The third-order valence-corrected chi connectivity index (χ3v) is 19.8. The molecule has 5 atom stereocenters. The third kappa shape index (κ3) is 85.6. The lowest BCUT2D eigenvalue weighted by Crippen LogP contribution is -2.30. The number of ether oxygens (including phenoxy) is 3. The minimum absolute atomic E-state index is 0.0738. The second-order valence-electron chi connectivity index (χ2n) is 28.6. The van der Waals surface area contributed by atoms with E-state index < -0.39 is 91.5 Å². The number of unbranched alkanes of at least 4 members (excludes halogenated alkanes) is 30. The summed E-state index contributed by atoms with van der Waals surface area (Å²) in [6, 6.07) is 0. The average molecular weight is 1590 g/mol. The van der Waals surface area contributed by atoms with Crippen LogP contribution in [0.5, 0.6) is 0 Å². The van der Waals surface area contributed by atoms with Crippen molar-refractivity contribution in [3.8, 4) is 0 Å². The van der Waals surface area contributed by atoms with E-state index in [1.807, 2.05) is 0 Å². The van der Waals surface area contributed by atoms with Crippen LogP contribution in [-0.4, -0.2) is 95.9 Å². The van der Waals surface area contributed by atoms with Gasteiger partial charge in [-0.1, -0.05) is 339 Å². The van der Waals surface area contributed by atoms with Crippen LogP contribution in [0.4, 0.5) is 0 Å². The van der Waals surface area contributed by atoms with Crippen LogP contribution in [0.25, 0.3) is 0 Å². The van der Waals surface area contributed by atoms with Crippen LogP contribution in [0, 0.1) is 0 Å². The molecule has 0 aliphatic heterocycles. The van der Waals surface area contributed by atoms with Gasteiger partial charge in [0.25, 0.3) is 0 Å². The number of hydrogen-bond acceptors (Lipinski definition) is 14. The Morgan fingerprint density at radius 3 is 0.757 bits per heavy atom. The molecule has 0 radical (unpaired) electrons. The first kappa shape index (κ1) is 106. The predicted octanol–water partition coefficient (Wildman–Crippen LogP) is 26.3. The third-order valence-electron chi connectivity index (χ3n) is 17.9. The topological polar surface area (TPSA) is 231 Å². The van der Waals surface area contributed by atoms with Gasteiger partial charge in [0.1, 0.15) is 25.4 Å². The van der Waals surface area contributed by atoms with E-state index in [9.17, 15) is 43.5 Å². The number of esters is 3. The molecule has 0 amide bonds. The van der Waals surface area contributed by atoms with E-state index in [1.165, 1.54) is 103 Å². The van der Waals surface area contributed by atoms with Crippen molar-refractivity contribution < 1.29 is 75.8 Å². The fraction of sp³-hybridized carbons (Fsp3) is 0.667. The zero-order valence-electron chi connectivity index (χ0n) is 69.6. The Morgan fingerprint density at radius 2 is 0.477 bits per heavy atom. The Balaban J connectivity index is 4.61. The molecule has 0 fully saturated rings. The van der Waals surface area contributed by atoms with Crippen molar-refractivity contribution in [2.24, 2.45) is 0 Å². The number of aliphatic hydroxyl groups excluding tert-OH is 2. The molecule has 18 heteroatoms. The number of phosphoric ester groups is 2. The first-order valence-electron chi connectivity index (χ1n) is 43.4. The first-order valence-corrected chi connectivity index (χ1v) is 46.4. The Bertz CT molecular complexity index is 2700. The number of hydrogen-bond donors (Lipinski definition) is 4. The number of aliphatic hydroxyl groups is 2. The van der Waals surface area contributed by atoms with E-state index in [4.69, 9.17) is 32.3 Å². The number of allylic oxidation sites excluding steroid dienone is 28. The molecule has 0 bridgehead atoms. The first-order chi connectivity index (χ1) is 54.2. The molecule has 0 aliphatic rings. The fourth-order valence-corrected chi connectivity index (χ4v) is 13.0.